The number of benzene rings is 2. The number of aromatic amines is 1. The molecule has 0 amide bonds. The molecular weight excluding hydrogens is 379 g/mol. The number of rotatable bonds is 5. The molecule has 2 heterocycles. The van der Waals surface area contributed by atoms with Crippen LogP contribution in [-0.2, 0) is 6.54 Å². The van der Waals surface area contributed by atoms with Crippen molar-refractivity contribution in [1.29, 1.82) is 0 Å². The Kier molecular flexibility index (Phi) is 4.93. The highest BCUT2D eigenvalue weighted by molar-refractivity contribution is 5.92. The zero-order valence-corrected chi connectivity index (χ0v) is 16.6. The van der Waals surface area contributed by atoms with E-state index in [1.54, 1.807) is 10.7 Å². The van der Waals surface area contributed by atoms with Gasteiger partial charge in [-0.1, -0.05) is 43.2 Å². The summed E-state index contributed by atoms with van der Waals surface area (Å²) >= 11 is 0. The summed E-state index contributed by atoms with van der Waals surface area (Å²) in [6.45, 7) is 0.509. The van der Waals surface area contributed by atoms with Gasteiger partial charge in [0.15, 0.2) is 0 Å². The van der Waals surface area contributed by atoms with Gasteiger partial charge in [-0.15, -0.1) is 0 Å². The predicted molar refractivity (Wildman–Crippen MR) is 116 cm³/mol. The molecule has 5 nitrogen and oxygen atoms in total. The number of hydrogen-bond acceptors (Lipinski definition) is 3. The first kappa shape index (κ1) is 18.8. The van der Waals surface area contributed by atoms with Crippen LogP contribution in [0.25, 0.3) is 28.0 Å². The summed E-state index contributed by atoms with van der Waals surface area (Å²) in [7, 11) is 0. The molecule has 1 aliphatic carbocycles. The Hall–Kier alpha value is -3.25. The van der Waals surface area contributed by atoms with Crippen LogP contribution in [0.1, 0.15) is 31.2 Å². The lowest BCUT2D eigenvalue weighted by Gasteiger charge is -2.11. The first-order valence-corrected chi connectivity index (χ1v) is 10.4. The van der Waals surface area contributed by atoms with E-state index >= 15 is 0 Å². The van der Waals surface area contributed by atoms with Crippen molar-refractivity contribution in [3.05, 3.63) is 82.4 Å². The van der Waals surface area contributed by atoms with Crippen LogP contribution in [0.15, 0.2) is 65.5 Å². The molecule has 0 atom stereocenters. The van der Waals surface area contributed by atoms with Crippen molar-refractivity contribution in [2.45, 2.75) is 38.3 Å². The summed E-state index contributed by atoms with van der Waals surface area (Å²) in [5, 5.41) is 9.05. The third-order valence-electron chi connectivity index (χ3n) is 5.80. The average molecular weight is 402 g/mol. The molecule has 2 aromatic heterocycles. The number of hydrogen-bond donors (Lipinski definition) is 2. The maximum absolute atomic E-state index is 13.9. The molecule has 5 rings (SSSR count). The van der Waals surface area contributed by atoms with Gasteiger partial charge in [0.1, 0.15) is 17.2 Å². The summed E-state index contributed by atoms with van der Waals surface area (Å²) in [6, 6.07) is 18.4. The maximum atomic E-state index is 13.9. The first-order chi connectivity index (χ1) is 14.7. The molecule has 0 bridgehead atoms. The van der Waals surface area contributed by atoms with E-state index in [1.807, 2.05) is 42.5 Å². The van der Waals surface area contributed by atoms with E-state index < -0.39 is 0 Å². The lowest BCUT2D eigenvalue weighted by atomic mass is 10.1. The minimum Gasteiger partial charge on any atom is -0.310 e. The molecule has 0 radical (unpaired) electrons. The number of para-hydroxylation sites is 1. The minimum absolute atomic E-state index is 0.129. The number of H-pyrrole nitrogens is 1. The zero-order valence-electron chi connectivity index (χ0n) is 16.6. The fraction of sp³-hybridized carbons (Fsp3) is 0.250. The quantitative estimate of drug-likeness (QED) is 0.515. The first-order valence-electron chi connectivity index (χ1n) is 10.4. The van der Waals surface area contributed by atoms with Crippen LogP contribution in [0, 0.1) is 5.82 Å². The maximum Gasteiger partial charge on any atom is 0.254 e. The van der Waals surface area contributed by atoms with Crippen molar-refractivity contribution in [2.24, 2.45) is 0 Å². The molecule has 2 aromatic carbocycles. The molecule has 6 heteroatoms. The Morgan fingerprint density at radius 2 is 1.87 bits per heavy atom. The Bertz CT molecular complexity index is 1240. The fourth-order valence-electron chi connectivity index (χ4n) is 4.24. The van der Waals surface area contributed by atoms with Crippen LogP contribution >= 0.6 is 0 Å². The van der Waals surface area contributed by atoms with Crippen molar-refractivity contribution >= 4 is 11.0 Å². The van der Waals surface area contributed by atoms with Crippen molar-refractivity contribution in [1.82, 2.24) is 20.1 Å². The molecular formula is C24H23FN4O. The van der Waals surface area contributed by atoms with Crippen LogP contribution in [0.3, 0.4) is 0 Å². The molecule has 0 aliphatic heterocycles. The molecule has 0 unspecified atom stereocenters. The van der Waals surface area contributed by atoms with Gasteiger partial charge in [-0.05, 0) is 43.2 Å². The van der Waals surface area contributed by atoms with E-state index in [4.69, 9.17) is 5.10 Å². The van der Waals surface area contributed by atoms with E-state index in [1.165, 1.54) is 25.0 Å². The third-order valence-corrected chi connectivity index (χ3v) is 5.80. The van der Waals surface area contributed by atoms with E-state index in [0.717, 1.165) is 23.9 Å². The highest BCUT2D eigenvalue weighted by Gasteiger charge is 2.19. The van der Waals surface area contributed by atoms with Gasteiger partial charge in [0, 0.05) is 29.1 Å². The summed E-state index contributed by atoms with van der Waals surface area (Å²) in [5.41, 5.74) is 3.30. The summed E-state index contributed by atoms with van der Waals surface area (Å²) in [6.07, 6.45) is 4.78. The number of fused-ring (bicyclic) bond motifs is 1. The number of pyridine rings is 1. The highest BCUT2D eigenvalue weighted by Crippen LogP contribution is 2.29. The Balaban J connectivity index is 1.65. The van der Waals surface area contributed by atoms with Crippen molar-refractivity contribution < 1.29 is 4.39 Å². The molecule has 2 N–H and O–H groups in total. The third kappa shape index (κ3) is 3.55. The van der Waals surface area contributed by atoms with Crippen molar-refractivity contribution in [3.63, 3.8) is 0 Å². The van der Waals surface area contributed by atoms with Gasteiger partial charge in [-0.25, -0.2) is 9.07 Å². The smallest absolute Gasteiger partial charge is 0.254 e. The SMILES string of the molecule is O=c1[nH]c2c(cc1CNC1CCCC1)c(-c1cccc(F)c1)nn2-c1ccccc1. The van der Waals surface area contributed by atoms with Crippen LogP contribution in [0.4, 0.5) is 4.39 Å². The van der Waals surface area contributed by atoms with Gasteiger partial charge in [0.05, 0.1) is 5.69 Å². The second-order valence-electron chi connectivity index (χ2n) is 7.85. The second-order valence-corrected chi connectivity index (χ2v) is 7.85. The minimum atomic E-state index is -0.317. The fourth-order valence-corrected chi connectivity index (χ4v) is 4.24. The van der Waals surface area contributed by atoms with Crippen LogP contribution in [0.5, 0.6) is 0 Å². The van der Waals surface area contributed by atoms with Gasteiger partial charge in [0.25, 0.3) is 5.56 Å². The topological polar surface area (TPSA) is 62.7 Å². The van der Waals surface area contributed by atoms with Gasteiger partial charge in [0.2, 0.25) is 0 Å². The molecule has 30 heavy (non-hydrogen) atoms. The summed E-state index contributed by atoms with van der Waals surface area (Å²) in [4.78, 5) is 15.8. The van der Waals surface area contributed by atoms with E-state index in [2.05, 4.69) is 10.3 Å². The summed E-state index contributed by atoms with van der Waals surface area (Å²) < 4.78 is 15.6. The molecule has 0 saturated heterocycles. The predicted octanol–water partition coefficient (Wildman–Crippen LogP) is 4.55. The Morgan fingerprint density at radius 1 is 1.07 bits per heavy atom. The second kappa shape index (κ2) is 7.88. The van der Waals surface area contributed by atoms with Gasteiger partial charge in [-0.2, -0.15) is 5.10 Å². The highest BCUT2D eigenvalue weighted by atomic mass is 19.1. The molecule has 4 aromatic rings. The largest absolute Gasteiger partial charge is 0.310 e. The monoisotopic (exact) mass is 402 g/mol. The van der Waals surface area contributed by atoms with Crippen LogP contribution < -0.4 is 10.9 Å². The number of nitrogens with one attached hydrogen (secondary N) is 2. The van der Waals surface area contributed by atoms with Gasteiger partial charge >= 0.3 is 0 Å². The molecule has 152 valence electrons. The average Bonchev–Trinajstić information content (AvgIpc) is 3.40. The Morgan fingerprint density at radius 3 is 2.63 bits per heavy atom. The lowest BCUT2D eigenvalue weighted by molar-refractivity contribution is 0.522. The van der Waals surface area contributed by atoms with E-state index in [0.29, 0.717) is 35.1 Å². The van der Waals surface area contributed by atoms with Crippen LogP contribution in [-0.4, -0.2) is 20.8 Å². The lowest BCUT2D eigenvalue weighted by Crippen LogP contribution is -2.28. The zero-order chi connectivity index (χ0) is 20.5. The van der Waals surface area contributed by atoms with Crippen LogP contribution in [0.2, 0.25) is 0 Å². The molecule has 0 spiro atoms. The van der Waals surface area contributed by atoms with Gasteiger partial charge < -0.3 is 10.3 Å². The molecule has 1 saturated carbocycles. The number of halogens is 1. The normalized spacial score (nSPS) is 14.6. The summed E-state index contributed by atoms with van der Waals surface area (Å²) in [5.74, 6) is -0.317. The molecule has 1 aliphatic rings. The van der Waals surface area contributed by atoms with Crippen molar-refractivity contribution in [2.75, 3.05) is 0 Å². The standard InChI is InChI=1S/C24H23FN4O/c25-18-8-6-7-16(13-18)22-21-14-17(15-26-19-9-4-5-10-19)24(30)27-23(21)29(28-22)20-11-2-1-3-12-20/h1-3,6-8,11-14,19,26H,4-5,9-10,15H2,(H,27,30). The van der Waals surface area contributed by atoms with Crippen molar-refractivity contribution in [3.8, 4) is 16.9 Å². The van der Waals surface area contributed by atoms with E-state index in [-0.39, 0.29) is 11.4 Å². The van der Waals surface area contributed by atoms with E-state index in [9.17, 15) is 9.18 Å². The Labute approximate surface area is 173 Å². The molecule has 1 fully saturated rings. The number of aromatic nitrogens is 3. The number of nitrogens with zero attached hydrogens (tertiary/aromatic N) is 2. The van der Waals surface area contributed by atoms with Gasteiger partial charge in [-0.3, -0.25) is 4.79 Å².